The lowest BCUT2D eigenvalue weighted by Gasteiger charge is -2.21. The Balaban J connectivity index is 1.58. The molecule has 222 valence electrons. The van der Waals surface area contributed by atoms with E-state index in [1.165, 1.54) is 18.2 Å². The van der Waals surface area contributed by atoms with Gasteiger partial charge in [0.2, 0.25) is 0 Å². The van der Waals surface area contributed by atoms with Crippen LogP contribution in [0, 0.1) is 6.92 Å². The molecule has 0 saturated heterocycles. The molecular formula is C35H41ClN2O4. The summed E-state index contributed by atoms with van der Waals surface area (Å²) in [5.74, 6) is -0.136. The van der Waals surface area contributed by atoms with E-state index in [1.54, 1.807) is 13.0 Å². The van der Waals surface area contributed by atoms with Crippen LogP contribution in [0.4, 0.5) is 0 Å². The van der Waals surface area contributed by atoms with Crippen LogP contribution in [0.2, 0.25) is 5.02 Å². The number of halogens is 1. The number of hydrogen-bond donors (Lipinski definition) is 1. The van der Waals surface area contributed by atoms with Gasteiger partial charge in [-0.05, 0) is 86.1 Å². The van der Waals surface area contributed by atoms with Crippen LogP contribution in [0.3, 0.4) is 0 Å². The number of carbonyl (C=O) groups excluding carboxylic acids is 2. The van der Waals surface area contributed by atoms with Gasteiger partial charge in [-0.2, -0.15) is 0 Å². The van der Waals surface area contributed by atoms with Crippen LogP contribution in [0.1, 0.15) is 85.9 Å². The molecule has 3 aromatic carbocycles. The fourth-order valence-electron chi connectivity index (χ4n) is 5.31. The van der Waals surface area contributed by atoms with Crippen LogP contribution in [-0.2, 0) is 27.9 Å². The summed E-state index contributed by atoms with van der Waals surface area (Å²) in [4.78, 5) is 25.2. The predicted octanol–water partition coefficient (Wildman–Crippen LogP) is 7.94. The number of rotatable bonds is 9. The molecule has 0 radical (unpaired) electrons. The van der Waals surface area contributed by atoms with E-state index >= 15 is 0 Å². The molecule has 2 atom stereocenters. The highest BCUT2D eigenvalue weighted by molar-refractivity contribution is 6.32. The van der Waals surface area contributed by atoms with E-state index in [9.17, 15) is 9.59 Å². The highest BCUT2D eigenvalue weighted by Gasteiger charge is 2.20. The first-order valence-electron chi connectivity index (χ1n) is 14.4. The molecule has 0 saturated carbocycles. The number of aryl methyl sites for hydroxylation is 1. The summed E-state index contributed by atoms with van der Waals surface area (Å²) >= 11 is 6.37. The second-order valence-electron chi connectivity index (χ2n) is 11.8. The maximum atomic E-state index is 13.3. The average molecular weight is 589 g/mol. The SMILES string of the molecule is CCn1c(C)c(Cc2ccc(Cl)c(O[C@H](C)C(=O)OC)c2)c2ccc(C(=O)N[C@@H](C)c3ccc(C(C)(C)C)cc3)cc21. The number of fused-ring (bicyclic) bond motifs is 1. The van der Waals surface area contributed by atoms with Crippen molar-refractivity contribution in [1.29, 1.82) is 0 Å². The molecule has 0 fully saturated rings. The maximum absolute atomic E-state index is 13.3. The summed E-state index contributed by atoms with van der Waals surface area (Å²) in [6.07, 6.45) is -0.135. The fourth-order valence-corrected chi connectivity index (χ4v) is 5.47. The largest absolute Gasteiger partial charge is 0.477 e. The highest BCUT2D eigenvalue weighted by Crippen LogP contribution is 2.32. The molecule has 1 N–H and O–H groups in total. The third-order valence-corrected chi connectivity index (χ3v) is 8.18. The van der Waals surface area contributed by atoms with E-state index < -0.39 is 12.1 Å². The zero-order valence-corrected chi connectivity index (χ0v) is 26.6. The summed E-state index contributed by atoms with van der Waals surface area (Å²) < 4.78 is 12.8. The van der Waals surface area contributed by atoms with Crippen LogP contribution in [0.5, 0.6) is 5.75 Å². The van der Waals surface area contributed by atoms with Gasteiger partial charge in [0.15, 0.2) is 6.10 Å². The molecule has 0 aliphatic carbocycles. The number of nitrogens with one attached hydrogen (secondary N) is 1. The number of methoxy groups -OCH3 is 1. The van der Waals surface area contributed by atoms with Gasteiger partial charge in [-0.1, -0.05) is 68.8 Å². The summed E-state index contributed by atoms with van der Waals surface area (Å²) in [5, 5.41) is 4.69. The number of esters is 1. The van der Waals surface area contributed by atoms with Crippen molar-refractivity contribution in [3.05, 3.63) is 99.2 Å². The Bertz CT molecular complexity index is 1600. The Morgan fingerprint density at radius 3 is 2.31 bits per heavy atom. The number of benzene rings is 3. The van der Waals surface area contributed by atoms with Gasteiger partial charge in [0, 0.05) is 28.7 Å². The smallest absolute Gasteiger partial charge is 0.346 e. The van der Waals surface area contributed by atoms with E-state index in [4.69, 9.17) is 21.1 Å². The fraction of sp³-hybridized carbons (Fsp3) is 0.371. The summed E-state index contributed by atoms with van der Waals surface area (Å²) in [6, 6.07) is 19.9. The van der Waals surface area contributed by atoms with Gasteiger partial charge in [0.1, 0.15) is 5.75 Å². The van der Waals surface area contributed by atoms with Crippen molar-refractivity contribution in [2.45, 2.75) is 79.0 Å². The molecule has 0 unspecified atom stereocenters. The molecule has 0 aliphatic rings. The number of ether oxygens (including phenoxy) is 2. The number of amides is 1. The molecule has 7 heteroatoms. The van der Waals surface area contributed by atoms with Crippen LogP contribution in [-0.4, -0.2) is 29.7 Å². The molecule has 4 aromatic rings. The van der Waals surface area contributed by atoms with Gasteiger partial charge in [0.25, 0.3) is 5.91 Å². The molecule has 42 heavy (non-hydrogen) atoms. The lowest BCUT2D eigenvalue weighted by atomic mass is 9.86. The zero-order valence-electron chi connectivity index (χ0n) is 25.8. The van der Waals surface area contributed by atoms with E-state index in [1.807, 2.05) is 37.3 Å². The lowest BCUT2D eigenvalue weighted by molar-refractivity contribution is -0.147. The van der Waals surface area contributed by atoms with E-state index in [0.717, 1.165) is 34.3 Å². The summed E-state index contributed by atoms with van der Waals surface area (Å²) in [7, 11) is 1.33. The minimum absolute atomic E-state index is 0.0817. The van der Waals surface area contributed by atoms with E-state index in [0.29, 0.717) is 22.8 Å². The first kappa shape index (κ1) is 31.2. The number of aromatic nitrogens is 1. The van der Waals surface area contributed by atoms with Crippen molar-refractivity contribution in [3.63, 3.8) is 0 Å². The first-order chi connectivity index (χ1) is 19.8. The molecular weight excluding hydrogens is 548 g/mol. The van der Waals surface area contributed by atoms with Crippen LogP contribution < -0.4 is 10.1 Å². The molecule has 0 bridgehead atoms. The third kappa shape index (κ3) is 6.65. The first-order valence-corrected chi connectivity index (χ1v) is 14.8. The van der Waals surface area contributed by atoms with Crippen molar-refractivity contribution >= 4 is 34.4 Å². The van der Waals surface area contributed by atoms with Crippen molar-refractivity contribution in [2.75, 3.05) is 7.11 Å². The molecule has 1 amide bonds. The average Bonchev–Trinajstić information content (AvgIpc) is 3.22. The van der Waals surface area contributed by atoms with Gasteiger partial charge in [-0.15, -0.1) is 0 Å². The van der Waals surface area contributed by atoms with Crippen molar-refractivity contribution in [3.8, 4) is 5.75 Å². The molecule has 1 aromatic heterocycles. The lowest BCUT2D eigenvalue weighted by Crippen LogP contribution is -2.26. The van der Waals surface area contributed by atoms with Crippen molar-refractivity contribution in [1.82, 2.24) is 9.88 Å². The predicted molar refractivity (Wildman–Crippen MR) is 170 cm³/mol. The second kappa shape index (κ2) is 12.6. The maximum Gasteiger partial charge on any atom is 0.346 e. The molecule has 4 rings (SSSR count). The van der Waals surface area contributed by atoms with Crippen LogP contribution in [0.15, 0.2) is 60.7 Å². The minimum Gasteiger partial charge on any atom is -0.477 e. The summed E-state index contributed by atoms with van der Waals surface area (Å²) in [5.41, 5.74) is 7.36. The number of carbonyl (C=O) groups is 2. The summed E-state index contributed by atoms with van der Waals surface area (Å²) in [6.45, 7) is 15.2. The van der Waals surface area contributed by atoms with Gasteiger partial charge in [-0.3, -0.25) is 4.79 Å². The molecule has 6 nitrogen and oxygen atoms in total. The van der Waals surface area contributed by atoms with Gasteiger partial charge in [0.05, 0.1) is 18.2 Å². The second-order valence-corrected chi connectivity index (χ2v) is 12.2. The normalized spacial score (nSPS) is 13.1. The Hall–Kier alpha value is -3.77. The third-order valence-electron chi connectivity index (χ3n) is 7.87. The Kier molecular flexibility index (Phi) is 9.37. The number of nitrogens with zero attached hydrogens (tertiary/aromatic N) is 1. The molecule has 0 spiro atoms. The molecule has 1 heterocycles. The van der Waals surface area contributed by atoms with Crippen molar-refractivity contribution in [2.24, 2.45) is 0 Å². The van der Waals surface area contributed by atoms with Gasteiger partial charge >= 0.3 is 5.97 Å². The Morgan fingerprint density at radius 1 is 1.00 bits per heavy atom. The Labute approximate surface area is 254 Å². The monoisotopic (exact) mass is 588 g/mol. The van der Waals surface area contributed by atoms with Crippen molar-refractivity contribution < 1.29 is 19.1 Å². The topological polar surface area (TPSA) is 69.6 Å². The van der Waals surface area contributed by atoms with Gasteiger partial charge in [-0.25, -0.2) is 4.79 Å². The van der Waals surface area contributed by atoms with Crippen LogP contribution in [0.25, 0.3) is 10.9 Å². The Morgan fingerprint density at radius 2 is 1.69 bits per heavy atom. The van der Waals surface area contributed by atoms with Gasteiger partial charge < -0.3 is 19.4 Å². The standard InChI is InChI=1S/C35H41ClN2O4/c1-9-38-22(3)29(18-24-10-17-30(36)32(19-24)42-23(4)34(40)41-8)28-16-13-26(20-31(28)38)33(39)37-21(2)25-11-14-27(15-12-25)35(5,6)7/h10-17,19-21,23H,9,18H2,1-8H3,(H,37,39)/t21-,23+/m0/s1. The van der Waals surface area contributed by atoms with E-state index in [2.05, 4.69) is 68.8 Å². The molecule has 0 aliphatic heterocycles. The highest BCUT2D eigenvalue weighted by atomic mass is 35.5. The minimum atomic E-state index is -0.776. The van der Waals surface area contributed by atoms with Crippen LogP contribution >= 0.6 is 11.6 Å². The number of hydrogen-bond acceptors (Lipinski definition) is 4. The van der Waals surface area contributed by atoms with E-state index in [-0.39, 0.29) is 17.4 Å². The quantitative estimate of drug-likeness (QED) is 0.201. The zero-order chi connectivity index (χ0) is 30.8.